The summed E-state index contributed by atoms with van der Waals surface area (Å²) in [6.45, 7) is 12.7. The summed E-state index contributed by atoms with van der Waals surface area (Å²) in [4.78, 5) is 0. The summed E-state index contributed by atoms with van der Waals surface area (Å²) in [7, 11) is -5.63. The maximum Gasteiger partial charge on any atom is 0.635 e. The van der Waals surface area contributed by atoms with Gasteiger partial charge in [0.15, 0.2) is 27.1 Å². The van der Waals surface area contributed by atoms with Crippen molar-refractivity contribution in [1.82, 2.24) is 0 Å². The zero-order valence-electron chi connectivity index (χ0n) is 10.9. The standard InChI is InChI=1S/C6H24O4Si5/c1-12(2)8-15(7-11,9-13(3)4)10-14(5)6/h12-14H,1-6,11H3. The van der Waals surface area contributed by atoms with Crippen molar-refractivity contribution in [2.24, 2.45) is 0 Å². The molecule has 0 aromatic heterocycles. The Kier molecular flexibility index (Phi) is 7.74. The first kappa shape index (κ1) is 15.9. The Balaban J connectivity index is 4.59. The van der Waals surface area contributed by atoms with E-state index in [4.69, 9.17) is 16.5 Å². The van der Waals surface area contributed by atoms with Crippen LogP contribution in [0, 0.1) is 0 Å². The summed E-state index contributed by atoms with van der Waals surface area (Å²) in [5.74, 6) is 0. The Morgan fingerprint density at radius 1 is 0.733 bits per heavy atom. The van der Waals surface area contributed by atoms with Crippen LogP contribution in [0.2, 0.25) is 39.3 Å². The van der Waals surface area contributed by atoms with Gasteiger partial charge >= 0.3 is 9.05 Å². The molecule has 9 heteroatoms. The average molecular weight is 301 g/mol. The molecular weight excluding hydrogens is 276 g/mol. The Morgan fingerprint density at radius 3 is 1.13 bits per heavy atom. The van der Waals surface area contributed by atoms with Crippen molar-refractivity contribution in [2.75, 3.05) is 0 Å². The van der Waals surface area contributed by atoms with Crippen LogP contribution in [0.1, 0.15) is 0 Å². The number of hydrogen-bond acceptors (Lipinski definition) is 4. The van der Waals surface area contributed by atoms with E-state index < -0.39 is 36.2 Å². The Bertz CT molecular complexity index is 150. The minimum Gasteiger partial charge on any atom is -0.404 e. The minimum absolute atomic E-state index is 0.616. The van der Waals surface area contributed by atoms with Gasteiger partial charge in [0.2, 0.25) is 0 Å². The van der Waals surface area contributed by atoms with Crippen LogP contribution < -0.4 is 0 Å². The molecule has 0 aliphatic rings. The van der Waals surface area contributed by atoms with Crippen molar-refractivity contribution in [3.8, 4) is 0 Å². The van der Waals surface area contributed by atoms with E-state index in [-0.39, 0.29) is 0 Å². The highest BCUT2D eigenvalue weighted by molar-refractivity contribution is 6.77. The zero-order chi connectivity index (χ0) is 12.1. The van der Waals surface area contributed by atoms with Crippen molar-refractivity contribution < 1.29 is 16.5 Å². The van der Waals surface area contributed by atoms with Gasteiger partial charge in [0.1, 0.15) is 10.5 Å². The van der Waals surface area contributed by atoms with Gasteiger partial charge in [-0.05, 0) is 39.3 Å². The lowest BCUT2D eigenvalue weighted by Gasteiger charge is -2.32. The minimum atomic E-state index is -2.71. The third-order valence-corrected chi connectivity index (χ3v) is 12.5. The number of hydrogen-bond donors (Lipinski definition) is 0. The smallest absolute Gasteiger partial charge is 0.404 e. The lowest BCUT2D eigenvalue weighted by molar-refractivity contribution is 0.170. The van der Waals surface area contributed by atoms with Gasteiger partial charge < -0.3 is 16.5 Å². The first-order valence-electron chi connectivity index (χ1n) is 5.40. The quantitative estimate of drug-likeness (QED) is 0.606. The highest BCUT2D eigenvalue weighted by Gasteiger charge is 2.45. The largest absolute Gasteiger partial charge is 0.635 e. The van der Waals surface area contributed by atoms with Crippen LogP contribution >= 0.6 is 0 Å². The van der Waals surface area contributed by atoms with Gasteiger partial charge in [-0.3, -0.25) is 0 Å². The molecule has 0 aromatic rings. The maximum atomic E-state index is 5.92. The van der Waals surface area contributed by atoms with Crippen molar-refractivity contribution >= 4 is 46.7 Å². The molecule has 0 aliphatic heterocycles. The first-order valence-corrected chi connectivity index (χ1v) is 16.2. The van der Waals surface area contributed by atoms with E-state index in [9.17, 15) is 0 Å². The predicted molar refractivity (Wildman–Crippen MR) is 76.7 cm³/mol. The van der Waals surface area contributed by atoms with Gasteiger partial charge in [-0.15, -0.1) is 0 Å². The van der Waals surface area contributed by atoms with Gasteiger partial charge in [-0.2, -0.15) is 0 Å². The van der Waals surface area contributed by atoms with E-state index in [0.29, 0.717) is 10.5 Å². The van der Waals surface area contributed by atoms with Gasteiger partial charge in [0.05, 0.1) is 0 Å². The molecule has 0 rings (SSSR count). The summed E-state index contributed by atoms with van der Waals surface area (Å²) in [5.41, 5.74) is 0. The van der Waals surface area contributed by atoms with Crippen molar-refractivity contribution in [1.29, 1.82) is 0 Å². The fourth-order valence-electron chi connectivity index (χ4n) is 1.09. The molecule has 0 spiro atoms. The molecule has 0 saturated carbocycles. The molecule has 0 saturated heterocycles. The normalized spacial score (nSPS) is 13.4. The summed E-state index contributed by atoms with van der Waals surface area (Å²) in [5, 5.41) is 0. The van der Waals surface area contributed by atoms with Gasteiger partial charge in [-0.1, -0.05) is 0 Å². The first-order chi connectivity index (χ1) is 6.81. The van der Waals surface area contributed by atoms with Crippen LogP contribution in [0.4, 0.5) is 0 Å². The van der Waals surface area contributed by atoms with E-state index in [1.54, 1.807) is 0 Å². The van der Waals surface area contributed by atoms with E-state index in [1.165, 1.54) is 0 Å². The fraction of sp³-hybridized carbons (Fsp3) is 1.00. The average Bonchev–Trinajstić information content (AvgIpc) is 1.99. The van der Waals surface area contributed by atoms with Crippen LogP contribution in [0.5, 0.6) is 0 Å². The van der Waals surface area contributed by atoms with Gasteiger partial charge in [0.25, 0.3) is 0 Å². The highest BCUT2D eigenvalue weighted by Crippen LogP contribution is 2.14. The highest BCUT2D eigenvalue weighted by atomic mass is 28.5. The molecule has 0 heterocycles. The van der Waals surface area contributed by atoms with Crippen LogP contribution in [0.15, 0.2) is 0 Å². The lowest BCUT2D eigenvalue weighted by atomic mass is 11.9. The molecule has 0 N–H and O–H groups in total. The van der Waals surface area contributed by atoms with E-state index in [0.717, 1.165) is 0 Å². The molecule has 0 fully saturated rings. The predicted octanol–water partition coefficient (Wildman–Crippen LogP) is -0.281. The second-order valence-electron chi connectivity index (χ2n) is 4.20. The van der Waals surface area contributed by atoms with Crippen molar-refractivity contribution in [2.45, 2.75) is 39.3 Å². The van der Waals surface area contributed by atoms with Crippen molar-refractivity contribution in [3.05, 3.63) is 0 Å². The number of rotatable bonds is 7. The topological polar surface area (TPSA) is 36.9 Å². The van der Waals surface area contributed by atoms with Crippen LogP contribution in [0.25, 0.3) is 0 Å². The molecule has 0 bridgehead atoms. The SMILES string of the molecule is C[SiH](C)O[Si](O[SiH3])(O[SiH](C)C)O[SiH](C)C. The zero-order valence-corrected chi connectivity index (χ0v) is 17.3. The molecule has 0 aromatic carbocycles. The molecule has 92 valence electrons. The summed E-state index contributed by atoms with van der Waals surface area (Å²) < 4.78 is 23.4. The van der Waals surface area contributed by atoms with E-state index in [1.807, 2.05) is 0 Å². The molecule has 0 amide bonds. The molecular formula is C6H24O4Si5. The summed E-state index contributed by atoms with van der Waals surface area (Å²) in [6.07, 6.45) is 0. The Morgan fingerprint density at radius 2 is 1.00 bits per heavy atom. The molecule has 0 radical (unpaired) electrons. The third kappa shape index (κ3) is 6.96. The molecule has 4 nitrogen and oxygen atoms in total. The van der Waals surface area contributed by atoms with Crippen molar-refractivity contribution in [3.63, 3.8) is 0 Å². The van der Waals surface area contributed by atoms with E-state index >= 15 is 0 Å². The summed E-state index contributed by atoms with van der Waals surface area (Å²) in [6, 6.07) is 0. The van der Waals surface area contributed by atoms with Crippen LogP contribution in [-0.2, 0) is 16.5 Å². The third-order valence-electron chi connectivity index (χ3n) is 1.39. The molecule has 0 aliphatic carbocycles. The van der Waals surface area contributed by atoms with Crippen LogP contribution in [0.3, 0.4) is 0 Å². The Hall–Kier alpha value is 0.924. The van der Waals surface area contributed by atoms with Crippen LogP contribution in [-0.4, -0.2) is 46.7 Å². The lowest BCUT2D eigenvalue weighted by Crippen LogP contribution is -2.55. The van der Waals surface area contributed by atoms with Gasteiger partial charge in [-0.25, -0.2) is 0 Å². The molecule has 0 atom stereocenters. The Labute approximate surface area is 102 Å². The monoisotopic (exact) mass is 300 g/mol. The second-order valence-corrected chi connectivity index (χ2v) is 16.0. The maximum absolute atomic E-state index is 5.92. The molecule has 0 unspecified atom stereocenters. The van der Waals surface area contributed by atoms with Gasteiger partial charge in [0, 0.05) is 0 Å². The molecule has 15 heavy (non-hydrogen) atoms. The summed E-state index contributed by atoms with van der Waals surface area (Å²) >= 11 is 0. The fourth-order valence-corrected chi connectivity index (χ4v) is 13.9. The van der Waals surface area contributed by atoms with E-state index in [2.05, 4.69) is 39.3 Å². The second kappa shape index (κ2) is 7.29.